The van der Waals surface area contributed by atoms with Crippen molar-refractivity contribution in [2.45, 2.75) is 44.7 Å². The lowest BCUT2D eigenvalue weighted by Crippen LogP contribution is -2.47. The molecule has 1 aromatic rings. The quantitative estimate of drug-likeness (QED) is 0.619. The van der Waals surface area contributed by atoms with Crippen LogP contribution in [0.15, 0.2) is 29.4 Å². The van der Waals surface area contributed by atoms with Crippen LogP contribution in [-0.4, -0.2) is 23.0 Å². The van der Waals surface area contributed by atoms with Crippen molar-refractivity contribution in [1.29, 1.82) is 0 Å². The van der Waals surface area contributed by atoms with Crippen LogP contribution in [0, 0.1) is 11.8 Å². The van der Waals surface area contributed by atoms with Crippen LogP contribution in [0.1, 0.15) is 31.7 Å². The summed E-state index contributed by atoms with van der Waals surface area (Å²) in [6.45, 7) is 2.29. The highest BCUT2D eigenvalue weighted by Crippen LogP contribution is 2.48. The minimum Gasteiger partial charge on any atom is -0.411 e. The molecule has 2 fully saturated rings. The molecule has 3 nitrogen and oxygen atoms in total. The maximum atomic E-state index is 9.41. The van der Waals surface area contributed by atoms with Crippen LogP contribution in [0.5, 0.6) is 0 Å². The maximum absolute atomic E-state index is 9.41. The number of benzene rings is 1. The normalized spacial score (nSPS) is 38.2. The molecular weight excluding hydrogens is 236 g/mol. The molecule has 1 aromatic carbocycles. The van der Waals surface area contributed by atoms with E-state index >= 15 is 0 Å². The van der Waals surface area contributed by atoms with E-state index < -0.39 is 0 Å². The molecule has 0 radical (unpaired) electrons. The van der Waals surface area contributed by atoms with Crippen LogP contribution in [0.4, 0.5) is 5.69 Å². The highest BCUT2D eigenvalue weighted by Gasteiger charge is 2.50. The summed E-state index contributed by atoms with van der Waals surface area (Å²) in [4.78, 5) is 2.52. The number of fused-ring (bicyclic) bond motifs is 3. The molecule has 4 rings (SSSR count). The Hall–Kier alpha value is -1.51. The molecule has 3 heteroatoms. The Morgan fingerprint density at radius 2 is 2.11 bits per heavy atom. The number of rotatable bonds is 1. The van der Waals surface area contributed by atoms with E-state index in [2.05, 4.69) is 41.2 Å². The summed E-state index contributed by atoms with van der Waals surface area (Å²) in [5.74, 6) is 1.21. The molecule has 19 heavy (non-hydrogen) atoms. The molecule has 0 unspecified atom stereocenters. The molecule has 0 amide bonds. The van der Waals surface area contributed by atoms with E-state index in [1.807, 2.05) is 0 Å². The first-order valence-electron chi connectivity index (χ1n) is 7.37. The minimum atomic E-state index is 0.336. The number of para-hydroxylation sites is 1. The smallest absolute Gasteiger partial charge is 0.0828 e. The number of anilines is 1. The second kappa shape index (κ2) is 3.99. The van der Waals surface area contributed by atoms with E-state index in [9.17, 15) is 5.21 Å². The van der Waals surface area contributed by atoms with Crippen LogP contribution in [0.2, 0.25) is 0 Å². The molecule has 1 N–H and O–H groups in total. The van der Waals surface area contributed by atoms with Gasteiger partial charge in [0.1, 0.15) is 0 Å². The molecule has 3 aliphatic rings. The van der Waals surface area contributed by atoms with E-state index in [0.717, 1.165) is 12.1 Å². The largest absolute Gasteiger partial charge is 0.411 e. The van der Waals surface area contributed by atoms with Crippen molar-refractivity contribution in [2.24, 2.45) is 17.0 Å². The number of nitrogens with zero attached hydrogens (tertiary/aromatic N) is 2. The van der Waals surface area contributed by atoms with Gasteiger partial charge in [0.25, 0.3) is 0 Å². The van der Waals surface area contributed by atoms with Gasteiger partial charge in [-0.1, -0.05) is 23.4 Å². The molecule has 2 aliphatic carbocycles. The second-order valence-corrected chi connectivity index (χ2v) is 6.33. The molecule has 2 saturated carbocycles. The Bertz CT molecular complexity index is 539. The van der Waals surface area contributed by atoms with Gasteiger partial charge in [0, 0.05) is 17.6 Å². The van der Waals surface area contributed by atoms with E-state index in [1.54, 1.807) is 0 Å². The van der Waals surface area contributed by atoms with Crippen molar-refractivity contribution < 1.29 is 5.21 Å². The van der Waals surface area contributed by atoms with Gasteiger partial charge >= 0.3 is 0 Å². The van der Waals surface area contributed by atoms with Crippen molar-refractivity contribution >= 4 is 11.4 Å². The van der Waals surface area contributed by atoms with Gasteiger partial charge in [0.15, 0.2) is 0 Å². The SMILES string of the molecule is C[C@@H]1Cc2ccccc2N1[C@H]1/C(=N\O)[C@H]2CC[C@@H]1C2. The summed E-state index contributed by atoms with van der Waals surface area (Å²) < 4.78 is 0. The van der Waals surface area contributed by atoms with Gasteiger partial charge in [-0.05, 0) is 50.2 Å². The van der Waals surface area contributed by atoms with E-state index in [1.165, 1.54) is 30.5 Å². The van der Waals surface area contributed by atoms with E-state index in [4.69, 9.17) is 0 Å². The fraction of sp³-hybridized carbons (Fsp3) is 0.562. The summed E-state index contributed by atoms with van der Waals surface area (Å²) >= 11 is 0. The third-order valence-electron chi connectivity index (χ3n) is 5.32. The summed E-state index contributed by atoms with van der Waals surface area (Å²) in [5, 5.41) is 13.1. The van der Waals surface area contributed by atoms with Gasteiger partial charge < -0.3 is 10.1 Å². The van der Waals surface area contributed by atoms with Crippen molar-refractivity contribution in [3.63, 3.8) is 0 Å². The first kappa shape index (κ1) is 11.3. The van der Waals surface area contributed by atoms with Crippen LogP contribution >= 0.6 is 0 Å². The average Bonchev–Trinajstić information content (AvgIpc) is 3.08. The van der Waals surface area contributed by atoms with E-state index in [-0.39, 0.29) is 0 Å². The fourth-order valence-electron chi connectivity index (χ4n) is 4.58. The van der Waals surface area contributed by atoms with Crippen molar-refractivity contribution in [1.82, 2.24) is 0 Å². The van der Waals surface area contributed by atoms with Crippen molar-refractivity contribution in [2.75, 3.05) is 4.90 Å². The molecular formula is C16H20N2O. The van der Waals surface area contributed by atoms with Gasteiger partial charge in [-0.3, -0.25) is 0 Å². The molecule has 0 spiro atoms. The van der Waals surface area contributed by atoms with Gasteiger partial charge in [-0.2, -0.15) is 0 Å². The summed E-state index contributed by atoms with van der Waals surface area (Å²) in [7, 11) is 0. The summed E-state index contributed by atoms with van der Waals surface area (Å²) in [6.07, 6.45) is 4.84. The molecule has 1 heterocycles. The Balaban J connectivity index is 1.77. The lowest BCUT2D eigenvalue weighted by atomic mass is 9.91. The second-order valence-electron chi connectivity index (χ2n) is 6.33. The topological polar surface area (TPSA) is 35.8 Å². The average molecular weight is 256 g/mol. The maximum Gasteiger partial charge on any atom is 0.0828 e. The highest BCUT2D eigenvalue weighted by atomic mass is 16.4. The summed E-state index contributed by atoms with van der Waals surface area (Å²) in [5.41, 5.74) is 3.84. The number of hydrogen-bond acceptors (Lipinski definition) is 3. The standard InChI is InChI=1S/C16H20N2O/c1-10-8-11-4-2-3-5-14(11)18(10)16-13-7-6-12(9-13)15(16)17-19/h2-5,10,12-13,16,19H,6-9H2,1H3/b17-15-/t10-,12+,13-,16-/m1/s1. The molecule has 100 valence electrons. The van der Waals surface area contributed by atoms with Crippen molar-refractivity contribution in [3.05, 3.63) is 29.8 Å². The van der Waals surface area contributed by atoms with Crippen LogP contribution in [0.3, 0.4) is 0 Å². The first-order chi connectivity index (χ1) is 9.29. The number of oxime groups is 1. The lowest BCUT2D eigenvalue weighted by molar-refractivity contribution is 0.310. The molecule has 4 atom stereocenters. The zero-order valence-electron chi connectivity index (χ0n) is 11.3. The Labute approximate surface area is 113 Å². The third-order valence-corrected chi connectivity index (χ3v) is 5.32. The Morgan fingerprint density at radius 1 is 1.26 bits per heavy atom. The molecule has 1 aliphatic heterocycles. The zero-order valence-corrected chi connectivity index (χ0v) is 11.3. The highest BCUT2D eigenvalue weighted by molar-refractivity contribution is 5.97. The minimum absolute atomic E-state index is 0.336. The van der Waals surface area contributed by atoms with Crippen LogP contribution < -0.4 is 4.90 Å². The third kappa shape index (κ3) is 1.47. The van der Waals surface area contributed by atoms with Crippen LogP contribution in [-0.2, 0) is 6.42 Å². The Kier molecular flexibility index (Phi) is 2.38. The Morgan fingerprint density at radius 3 is 2.95 bits per heavy atom. The predicted molar refractivity (Wildman–Crippen MR) is 75.9 cm³/mol. The molecule has 0 aromatic heterocycles. The van der Waals surface area contributed by atoms with Crippen LogP contribution in [0.25, 0.3) is 0 Å². The fourth-order valence-corrected chi connectivity index (χ4v) is 4.58. The zero-order chi connectivity index (χ0) is 13.0. The van der Waals surface area contributed by atoms with Gasteiger partial charge in [0.2, 0.25) is 0 Å². The molecule has 2 bridgehead atoms. The number of hydrogen-bond donors (Lipinski definition) is 1. The van der Waals surface area contributed by atoms with Gasteiger partial charge in [0.05, 0.1) is 11.8 Å². The first-order valence-corrected chi connectivity index (χ1v) is 7.37. The van der Waals surface area contributed by atoms with E-state index in [0.29, 0.717) is 23.9 Å². The van der Waals surface area contributed by atoms with Gasteiger partial charge in [-0.25, -0.2) is 0 Å². The summed E-state index contributed by atoms with van der Waals surface area (Å²) in [6, 6.07) is 9.54. The van der Waals surface area contributed by atoms with Crippen molar-refractivity contribution in [3.8, 4) is 0 Å². The molecule has 0 saturated heterocycles. The lowest BCUT2D eigenvalue weighted by Gasteiger charge is -2.37. The van der Waals surface area contributed by atoms with Gasteiger partial charge in [-0.15, -0.1) is 0 Å². The predicted octanol–water partition coefficient (Wildman–Crippen LogP) is 3.07. The monoisotopic (exact) mass is 256 g/mol.